The highest BCUT2D eigenvalue weighted by Gasteiger charge is 1.99. The summed E-state index contributed by atoms with van der Waals surface area (Å²) in [5.41, 5.74) is 2.51. The van der Waals surface area contributed by atoms with Crippen LogP contribution in [0.25, 0.3) is 0 Å². The Morgan fingerprint density at radius 2 is 2.54 bits per heavy atom. The molecule has 0 aromatic carbocycles. The lowest BCUT2D eigenvalue weighted by molar-refractivity contribution is 0.296. The number of aliphatic hydroxyl groups is 1. The number of nitrogen functional groups attached to an aromatic ring is 1. The summed E-state index contributed by atoms with van der Waals surface area (Å²) in [7, 11) is 0. The van der Waals surface area contributed by atoms with Crippen LogP contribution in [0.3, 0.4) is 0 Å². The maximum Gasteiger partial charge on any atom is 0.197 e. The van der Waals surface area contributed by atoms with E-state index in [0.29, 0.717) is 0 Å². The monoisotopic (exact) mass is 219 g/mol. The van der Waals surface area contributed by atoms with Gasteiger partial charge in [0.15, 0.2) is 5.13 Å². The number of nitrogens with two attached hydrogens (primary N) is 1. The minimum Gasteiger partial charge on any atom is -0.396 e. The standard InChI is InChI=1S/C7H13N3OS2/c8-10-7-9-4-6(13-7)5-12-3-1-2-11/h4,11H,1-3,5,8H2,(H,9,10). The van der Waals surface area contributed by atoms with Crippen LogP contribution in [0.1, 0.15) is 11.3 Å². The molecular formula is C7H13N3OS2. The smallest absolute Gasteiger partial charge is 0.197 e. The van der Waals surface area contributed by atoms with Crippen molar-refractivity contribution >= 4 is 28.2 Å². The Hall–Kier alpha value is -0.300. The molecule has 0 radical (unpaired) electrons. The van der Waals surface area contributed by atoms with Crippen LogP contribution in [-0.4, -0.2) is 22.5 Å². The zero-order chi connectivity index (χ0) is 9.52. The van der Waals surface area contributed by atoms with Gasteiger partial charge in [0.05, 0.1) is 0 Å². The van der Waals surface area contributed by atoms with Gasteiger partial charge in [-0.2, -0.15) is 11.8 Å². The van der Waals surface area contributed by atoms with Gasteiger partial charge in [-0.05, 0) is 12.2 Å². The van der Waals surface area contributed by atoms with Crippen LogP contribution < -0.4 is 11.3 Å². The fourth-order valence-electron chi connectivity index (χ4n) is 0.780. The fourth-order valence-corrected chi connectivity index (χ4v) is 2.54. The first-order chi connectivity index (χ1) is 6.36. The number of aliphatic hydroxyl groups excluding tert-OH is 1. The molecule has 0 unspecified atom stereocenters. The van der Waals surface area contributed by atoms with E-state index in [9.17, 15) is 0 Å². The molecule has 1 aromatic rings. The van der Waals surface area contributed by atoms with Gasteiger partial charge < -0.3 is 5.11 Å². The van der Waals surface area contributed by atoms with Crippen molar-refractivity contribution in [3.8, 4) is 0 Å². The molecule has 0 bridgehead atoms. The molecule has 13 heavy (non-hydrogen) atoms. The largest absolute Gasteiger partial charge is 0.396 e. The molecular weight excluding hydrogens is 206 g/mol. The van der Waals surface area contributed by atoms with E-state index >= 15 is 0 Å². The molecule has 4 nitrogen and oxygen atoms in total. The number of anilines is 1. The number of hydrazine groups is 1. The fraction of sp³-hybridized carbons (Fsp3) is 0.571. The first-order valence-electron chi connectivity index (χ1n) is 3.96. The molecule has 0 aliphatic rings. The summed E-state index contributed by atoms with van der Waals surface area (Å²) in [6.45, 7) is 0.269. The van der Waals surface area contributed by atoms with Crippen LogP contribution in [0.4, 0.5) is 5.13 Å². The van der Waals surface area contributed by atoms with Crippen LogP contribution >= 0.6 is 23.1 Å². The molecule has 1 aromatic heterocycles. The van der Waals surface area contributed by atoms with Gasteiger partial charge in [-0.3, -0.25) is 5.43 Å². The lowest BCUT2D eigenvalue weighted by atomic mass is 10.5. The second kappa shape index (κ2) is 6.20. The second-order valence-electron chi connectivity index (χ2n) is 2.41. The third-order valence-corrected chi connectivity index (χ3v) is 3.57. The normalized spacial score (nSPS) is 10.3. The summed E-state index contributed by atoms with van der Waals surface area (Å²) in [5, 5.41) is 9.30. The van der Waals surface area contributed by atoms with Gasteiger partial charge in [0, 0.05) is 23.4 Å². The summed E-state index contributed by atoms with van der Waals surface area (Å²) in [6.07, 6.45) is 2.68. The number of thiazole rings is 1. The Morgan fingerprint density at radius 1 is 1.69 bits per heavy atom. The van der Waals surface area contributed by atoms with Gasteiger partial charge in [-0.1, -0.05) is 0 Å². The van der Waals surface area contributed by atoms with Crippen molar-refractivity contribution < 1.29 is 5.11 Å². The van der Waals surface area contributed by atoms with Crippen molar-refractivity contribution in [2.75, 3.05) is 17.8 Å². The number of thioether (sulfide) groups is 1. The van der Waals surface area contributed by atoms with Crippen molar-refractivity contribution in [3.63, 3.8) is 0 Å². The summed E-state index contributed by atoms with van der Waals surface area (Å²) in [4.78, 5) is 5.26. The molecule has 0 saturated carbocycles. The topological polar surface area (TPSA) is 71.2 Å². The van der Waals surface area contributed by atoms with Crippen molar-refractivity contribution in [2.24, 2.45) is 5.84 Å². The predicted molar refractivity (Wildman–Crippen MR) is 57.8 cm³/mol. The molecule has 0 spiro atoms. The van der Waals surface area contributed by atoms with E-state index in [4.69, 9.17) is 10.9 Å². The Balaban J connectivity index is 2.20. The lowest BCUT2D eigenvalue weighted by Gasteiger charge is -1.95. The molecule has 0 aliphatic heterocycles. The van der Waals surface area contributed by atoms with Gasteiger partial charge in [0.2, 0.25) is 0 Å². The number of hydrogen-bond acceptors (Lipinski definition) is 6. The third kappa shape index (κ3) is 3.95. The summed E-state index contributed by atoms with van der Waals surface area (Å²) < 4.78 is 0. The minimum atomic E-state index is 0.269. The van der Waals surface area contributed by atoms with Crippen molar-refractivity contribution in [3.05, 3.63) is 11.1 Å². The van der Waals surface area contributed by atoms with Crippen LogP contribution in [0.15, 0.2) is 6.20 Å². The molecule has 1 heterocycles. The Labute approximate surface area is 85.5 Å². The van der Waals surface area contributed by atoms with E-state index < -0.39 is 0 Å². The van der Waals surface area contributed by atoms with E-state index in [2.05, 4.69) is 10.4 Å². The Kier molecular flexibility index (Phi) is 5.14. The quantitative estimate of drug-likeness (QED) is 0.379. The van der Waals surface area contributed by atoms with E-state index in [1.807, 2.05) is 6.20 Å². The molecule has 0 amide bonds. The van der Waals surface area contributed by atoms with Gasteiger partial charge in [-0.25, -0.2) is 10.8 Å². The molecule has 1 rings (SSSR count). The van der Waals surface area contributed by atoms with Gasteiger partial charge in [0.25, 0.3) is 0 Å². The molecule has 74 valence electrons. The predicted octanol–water partition coefficient (Wildman–Crippen LogP) is 1.04. The minimum absolute atomic E-state index is 0.269. The number of rotatable bonds is 6. The average Bonchev–Trinajstić information content (AvgIpc) is 2.60. The van der Waals surface area contributed by atoms with Crippen molar-refractivity contribution in [2.45, 2.75) is 12.2 Å². The van der Waals surface area contributed by atoms with E-state index in [1.54, 1.807) is 23.1 Å². The second-order valence-corrected chi connectivity index (χ2v) is 4.63. The number of hydrogen-bond donors (Lipinski definition) is 3. The van der Waals surface area contributed by atoms with Crippen LogP contribution in [0.5, 0.6) is 0 Å². The highest BCUT2D eigenvalue weighted by atomic mass is 32.2. The molecule has 6 heteroatoms. The van der Waals surface area contributed by atoms with Crippen LogP contribution in [-0.2, 0) is 5.75 Å². The highest BCUT2D eigenvalue weighted by Crippen LogP contribution is 2.21. The first-order valence-corrected chi connectivity index (χ1v) is 5.94. The van der Waals surface area contributed by atoms with Gasteiger partial charge >= 0.3 is 0 Å². The molecule has 0 aliphatic carbocycles. The van der Waals surface area contributed by atoms with Crippen molar-refractivity contribution in [1.82, 2.24) is 4.98 Å². The molecule has 4 N–H and O–H groups in total. The highest BCUT2D eigenvalue weighted by molar-refractivity contribution is 7.98. The van der Waals surface area contributed by atoms with Crippen LogP contribution in [0.2, 0.25) is 0 Å². The number of nitrogens with zero attached hydrogens (tertiary/aromatic N) is 1. The van der Waals surface area contributed by atoms with E-state index in [1.165, 1.54) is 4.88 Å². The number of nitrogens with one attached hydrogen (secondary N) is 1. The van der Waals surface area contributed by atoms with Crippen molar-refractivity contribution in [1.29, 1.82) is 0 Å². The summed E-state index contributed by atoms with van der Waals surface area (Å²) in [5.74, 6) is 7.13. The Bertz CT molecular complexity index is 241. The van der Waals surface area contributed by atoms with E-state index in [0.717, 1.165) is 23.1 Å². The molecule has 0 saturated heterocycles. The SMILES string of the molecule is NNc1ncc(CSCCCO)s1. The third-order valence-electron chi connectivity index (χ3n) is 1.37. The average molecular weight is 219 g/mol. The maximum absolute atomic E-state index is 8.56. The van der Waals surface area contributed by atoms with E-state index in [-0.39, 0.29) is 6.61 Å². The molecule has 0 atom stereocenters. The van der Waals surface area contributed by atoms with Gasteiger partial charge in [0.1, 0.15) is 0 Å². The summed E-state index contributed by atoms with van der Waals surface area (Å²) in [6, 6.07) is 0. The zero-order valence-electron chi connectivity index (χ0n) is 7.19. The lowest BCUT2D eigenvalue weighted by Crippen LogP contribution is -2.05. The zero-order valence-corrected chi connectivity index (χ0v) is 8.83. The molecule has 0 fully saturated rings. The Morgan fingerprint density at radius 3 is 3.15 bits per heavy atom. The summed E-state index contributed by atoms with van der Waals surface area (Å²) >= 11 is 3.36. The maximum atomic E-state index is 8.56. The number of aromatic nitrogens is 1. The first kappa shape index (κ1) is 10.8. The van der Waals surface area contributed by atoms with Crippen LogP contribution in [0, 0.1) is 0 Å². The van der Waals surface area contributed by atoms with Gasteiger partial charge in [-0.15, -0.1) is 11.3 Å².